The van der Waals surface area contributed by atoms with E-state index in [1.165, 1.54) is 12.1 Å². The smallest absolute Gasteiger partial charge is 0.243 e. The van der Waals surface area contributed by atoms with Gasteiger partial charge in [-0.3, -0.25) is 14.5 Å². The maximum absolute atomic E-state index is 13.2. The Hall–Kier alpha value is -3.00. The number of nitrogens with zero attached hydrogens (tertiary/aromatic N) is 2. The van der Waals surface area contributed by atoms with Crippen LogP contribution in [0.3, 0.4) is 0 Å². The lowest BCUT2D eigenvalue weighted by molar-refractivity contribution is -0.132. The Morgan fingerprint density at radius 2 is 1.93 bits per heavy atom. The molecule has 1 unspecified atom stereocenters. The number of hydrogen-bond acceptors (Lipinski definition) is 5. The molecule has 4 N–H and O–H groups in total. The second-order valence-corrected chi connectivity index (χ2v) is 7.69. The van der Waals surface area contributed by atoms with Crippen LogP contribution in [0.5, 0.6) is 0 Å². The lowest BCUT2D eigenvalue weighted by atomic mass is 10.0. The molecule has 8 heteroatoms. The Bertz CT molecular complexity index is 857. The van der Waals surface area contributed by atoms with E-state index in [4.69, 9.17) is 5.73 Å². The first-order valence-corrected chi connectivity index (χ1v) is 10.2. The summed E-state index contributed by atoms with van der Waals surface area (Å²) >= 11 is 0. The van der Waals surface area contributed by atoms with Crippen molar-refractivity contribution in [3.63, 3.8) is 0 Å². The van der Waals surface area contributed by atoms with Crippen molar-refractivity contribution in [2.45, 2.75) is 44.3 Å². The molecule has 1 aromatic carbocycles. The molecule has 1 aliphatic heterocycles. The van der Waals surface area contributed by atoms with Crippen molar-refractivity contribution in [1.29, 1.82) is 0 Å². The Morgan fingerprint density at radius 3 is 2.60 bits per heavy atom. The summed E-state index contributed by atoms with van der Waals surface area (Å²) in [5.41, 5.74) is 7.16. The predicted octanol–water partition coefficient (Wildman–Crippen LogP) is 1.63. The predicted molar refractivity (Wildman–Crippen MR) is 113 cm³/mol. The van der Waals surface area contributed by atoms with Crippen LogP contribution in [-0.4, -0.2) is 47.4 Å². The molecule has 2 aromatic rings. The minimum Gasteiger partial charge on any atom is -0.384 e. The number of amides is 2. The number of aromatic nitrogens is 1. The average molecular weight is 413 g/mol. The molecular formula is C22H28FN5O2. The van der Waals surface area contributed by atoms with Gasteiger partial charge in [-0.05, 0) is 55.8 Å². The quantitative estimate of drug-likeness (QED) is 0.641. The normalized spacial score (nSPS) is 17.9. The minimum absolute atomic E-state index is 0.159. The summed E-state index contributed by atoms with van der Waals surface area (Å²) in [7, 11) is 1.92. The highest BCUT2D eigenvalue weighted by Crippen LogP contribution is 2.16. The third kappa shape index (κ3) is 6.00. The molecule has 7 nitrogen and oxygen atoms in total. The van der Waals surface area contributed by atoms with Gasteiger partial charge >= 0.3 is 0 Å². The Kier molecular flexibility index (Phi) is 7.35. The van der Waals surface area contributed by atoms with Gasteiger partial charge in [0.15, 0.2) is 0 Å². The molecule has 0 aliphatic carbocycles. The van der Waals surface area contributed by atoms with Crippen molar-refractivity contribution >= 4 is 17.6 Å². The van der Waals surface area contributed by atoms with Crippen LogP contribution in [0.2, 0.25) is 0 Å². The maximum atomic E-state index is 13.2. The summed E-state index contributed by atoms with van der Waals surface area (Å²) in [6.07, 6.45) is 4.69. The highest BCUT2D eigenvalue weighted by Gasteiger charge is 2.29. The van der Waals surface area contributed by atoms with Gasteiger partial charge in [-0.25, -0.2) is 9.37 Å². The highest BCUT2D eigenvalue weighted by molar-refractivity contribution is 5.90. The first-order valence-electron chi connectivity index (χ1n) is 10.2. The number of benzene rings is 1. The van der Waals surface area contributed by atoms with Crippen molar-refractivity contribution in [3.05, 3.63) is 59.5 Å². The summed E-state index contributed by atoms with van der Waals surface area (Å²) in [4.78, 5) is 31.8. The molecule has 30 heavy (non-hydrogen) atoms. The standard InChI is InChI=1S/C22H28FN5O2/c1-28-11-3-2-4-19(28)22(30)27-18(12-15-5-8-17(23)9-6-15)21(29)26-14-16-7-10-20(24)25-13-16/h5-10,13,18-19H,2-4,11-12,14H2,1H3,(H2,24,25)(H,26,29)(H,27,30)/t18-,19?/m0/s1. The zero-order valence-electron chi connectivity index (χ0n) is 17.1. The van der Waals surface area contributed by atoms with Gasteiger partial charge in [-0.1, -0.05) is 24.6 Å². The number of halogens is 1. The largest absolute Gasteiger partial charge is 0.384 e. The number of nitrogens with one attached hydrogen (secondary N) is 2. The fraction of sp³-hybridized carbons (Fsp3) is 0.409. The molecule has 0 bridgehead atoms. The van der Waals surface area contributed by atoms with Crippen molar-refractivity contribution < 1.29 is 14.0 Å². The number of likely N-dealkylation sites (tertiary alicyclic amines) is 1. The number of carbonyl (C=O) groups excluding carboxylic acids is 2. The Labute approximate surface area is 175 Å². The summed E-state index contributed by atoms with van der Waals surface area (Å²) in [6.45, 7) is 1.13. The van der Waals surface area contributed by atoms with E-state index < -0.39 is 6.04 Å². The number of pyridine rings is 1. The van der Waals surface area contributed by atoms with Gasteiger partial charge < -0.3 is 16.4 Å². The molecule has 1 aromatic heterocycles. The van der Waals surface area contributed by atoms with E-state index in [1.54, 1.807) is 30.5 Å². The number of carbonyl (C=O) groups is 2. The molecule has 2 heterocycles. The van der Waals surface area contributed by atoms with E-state index in [0.29, 0.717) is 5.82 Å². The molecule has 1 saturated heterocycles. The van der Waals surface area contributed by atoms with Crippen LogP contribution in [0.4, 0.5) is 10.2 Å². The third-order valence-corrected chi connectivity index (χ3v) is 5.37. The van der Waals surface area contributed by atoms with Crippen molar-refractivity contribution in [2.75, 3.05) is 19.3 Å². The van der Waals surface area contributed by atoms with Gasteiger partial charge in [0.05, 0.1) is 6.04 Å². The number of nitrogen functional groups attached to an aromatic ring is 1. The van der Waals surface area contributed by atoms with Gasteiger partial charge in [0, 0.05) is 19.2 Å². The SMILES string of the molecule is CN1CCCCC1C(=O)N[C@@H](Cc1ccc(F)cc1)C(=O)NCc1ccc(N)nc1. The number of rotatable bonds is 7. The fourth-order valence-electron chi connectivity index (χ4n) is 3.59. The van der Waals surface area contributed by atoms with Crippen LogP contribution in [0.15, 0.2) is 42.6 Å². The van der Waals surface area contributed by atoms with Crippen LogP contribution in [-0.2, 0) is 22.6 Å². The fourth-order valence-corrected chi connectivity index (χ4v) is 3.59. The van der Waals surface area contributed by atoms with Crippen LogP contribution in [0.25, 0.3) is 0 Å². The van der Waals surface area contributed by atoms with Crippen molar-refractivity contribution in [2.24, 2.45) is 0 Å². The Morgan fingerprint density at radius 1 is 1.20 bits per heavy atom. The zero-order valence-corrected chi connectivity index (χ0v) is 17.1. The molecule has 3 rings (SSSR count). The molecule has 2 atom stereocenters. The van der Waals surface area contributed by atoms with Crippen molar-refractivity contribution in [3.8, 4) is 0 Å². The molecular weight excluding hydrogens is 385 g/mol. The van der Waals surface area contributed by atoms with E-state index in [9.17, 15) is 14.0 Å². The molecule has 160 valence electrons. The van der Waals surface area contributed by atoms with E-state index >= 15 is 0 Å². The van der Waals surface area contributed by atoms with E-state index in [2.05, 4.69) is 15.6 Å². The maximum Gasteiger partial charge on any atom is 0.243 e. The molecule has 0 radical (unpaired) electrons. The first kappa shape index (κ1) is 21.7. The van der Waals surface area contributed by atoms with E-state index in [-0.39, 0.29) is 36.6 Å². The van der Waals surface area contributed by atoms with E-state index in [1.807, 2.05) is 11.9 Å². The second kappa shape index (κ2) is 10.2. The van der Waals surface area contributed by atoms with E-state index in [0.717, 1.165) is 36.9 Å². The third-order valence-electron chi connectivity index (χ3n) is 5.37. The Balaban J connectivity index is 1.68. The van der Waals surface area contributed by atoms with Gasteiger partial charge in [0.25, 0.3) is 0 Å². The van der Waals surface area contributed by atoms with Crippen LogP contribution < -0.4 is 16.4 Å². The molecule has 0 saturated carbocycles. The zero-order chi connectivity index (χ0) is 21.5. The lowest BCUT2D eigenvalue weighted by Gasteiger charge is -2.32. The molecule has 2 amide bonds. The van der Waals surface area contributed by atoms with Crippen LogP contribution in [0.1, 0.15) is 30.4 Å². The number of anilines is 1. The average Bonchev–Trinajstić information content (AvgIpc) is 2.74. The van der Waals surface area contributed by atoms with Gasteiger partial charge in [-0.2, -0.15) is 0 Å². The first-order chi connectivity index (χ1) is 14.4. The molecule has 1 fully saturated rings. The number of likely N-dealkylation sites (N-methyl/N-ethyl adjacent to an activating group) is 1. The van der Waals surface area contributed by atoms with Gasteiger partial charge in [0.2, 0.25) is 11.8 Å². The number of nitrogens with two attached hydrogens (primary N) is 1. The molecule has 1 aliphatic rings. The minimum atomic E-state index is -0.764. The summed E-state index contributed by atoms with van der Waals surface area (Å²) in [5, 5.41) is 5.75. The van der Waals surface area contributed by atoms with Gasteiger partial charge in [0.1, 0.15) is 17.7 Å². The number of piperidine rings is 1. The van der Waals surface area contributed by atoms with Gasteiger partial charge in [-0.15, -0.1) is 0 Å². The summed E-state index contributed by atoms with van der Waals surface area (Å²) in [5.74, 6) is -0.400. The topological polar surface area (TPSA) is 100 Å². The summed E-state index contributed by atoms with van der Waals surface area (Å²) in [6, 6.07) is 8.38. The van der Waals surface area contributed by atoms with Crippen molar-refractivity contribution in [1.82, 2.24) is 20.5 Å². The summed E-state index contributed by atoms with van der Waals surface area (Å²) < 4.78 is 13.2. The number of hydrogen-bond donors (Lipinski definition) is 3. The highest BCUT2D eigenvalue weighted by atomic mass is 19.1. The van der Waals surface area contributed by atoms with Crippen LogP contribution >= 0.6 is 0 Å². The second-order valence-electron chi connectivity index (χ2n) is 7.69. The lowest BCUT2D eigenvalue weighted by Crippen LogP contribution is -2.54. The monoisotopic (exact) mass is 413 g/mol. The van der Waals surface area contributed by atoms with Crippen LogP contribution in [0, 0.1) is 5.82 Å². The molecule has 0 spiro atoms.